The van der Waals surface area contributed by atoms with E-state index in [9.17, 15) is 9.18 Å². The minimum Gasteiger partial charge on any atom is -0.444 e. The summed E-state index contributed by atoms with van der Waals surface area (Å²) in [6.07, 6.45) is 3.10. The van der Waals surface area contributed by atoms with E-state index >= 15 is 8.78 Å². The molecule has 1 aromatic carbocycles. The third-order valence-corrected chi connectivity index (χ3v) is 7.86. The number of carbonyl (C=O) groups excluding carboxylic acids is 1. The fourth-order valence-corrected chi connectivity index (χ4v) is 5.99. The Morgan fingerprint density at radius 3 is 2.31 bits per heavy atom. The van der Waals surface area contributed by atoms with Gasteiger partial charge in [0.05, 0.1) is 12.6 Å². The molecule has 3 aliphatic rings. The number of carbonyl (C=O) groups is 1. The maximum absolute atomic E-state index is 15.3. The zero-order valence-electron chi connectivity index (χ0n) is 21.8. The molecule has 6 nitrogen and oxygen atoms in total. The molecule has 36 heavy (non-hydrogen) atoms. The molecule has 1 aromatic rings. The first kappa shape index (κ1) is 27.0. The Balaban J connectivity index is 1.23. The van der Waals surface area contributed by atoms with E-state index in [2.05, 4.69) is 0 Å². The normalized spacial score (nSPS) is 25.2. The number of rotatable bonds is 4. The number of nitrogen functional groups attached to an aromatic ring is 1. The molecule has 3 heterocycles. The van der Waals surface area contributed by atoms with Gasteiger partial charge in [-0.3, -0.25) is 9.80 Å². The molecule has 0 aromatic heterocycles. The van der Waals surface area contributed by atoms with Crippen LogP contribution in [0.4, 0.5) is 23.7 Å². The summed E-state index contributed by atoms with van der Waals surface area (Å²) in [6, 6.07) is 4.01. The van der Waals surface area contributed by atoms with E-state index in [0.29, 0.717) is 75.7 Å². The first-order chi connectivity index (χ1) is 16.9. The van der Waals surface area contributed by atoms with Gasteiger partial charge in [-0.1, -0.05) is 6.07 Å². The molecular formula is C27H41F3N4O2. The molecule has 1 atom stereocenters. The lowest BCUT2D eigenvalue weighted by molar-refractivity contribution is -0.133. The Morgan fingerprint density at radius 2 is 1.72 bits per heavy atom. The molecule has 0 radical (unpaired) electrons. The van der Waals surface area contributed by atoms with Gasteiger partial charge in [-0.15, -0.1) is 0 Å². The molecule has 0 bridgehead atoms. The largest absolute Gasteiger partial charge is 0.444 e. The van der Waals surface area contributed by atoms with Crippen LogP contribution in [-0.4, -0.2) is 84.2 Å². The highest BCUT2D eigenvalue weighted by molar-refractivity contribution is 5.68. The van der Waals surface area contributed by atoms with Gasteiger partial charge in [-0.25, -0.2) is 18.0 Å². The highest BCUT2D eigenvalue weighted by Gasteiger charge is 2.48. The number of nitrogens with two attached hydrogens (primary N) is 1. The summed E-state index contributed by atoms with van der Waals surface area (Å²) in [7, 11) is 0. The maximum Gasteiger partial charge on any atom is 0.410 e. The Hall–Kier alpha value is -2.00. The van der Waals surface area contributed by atoms with Gasteiger partial charge in [0.25, 0.3) is 5.92 Å². The van der Waals surface area contributed by atoms with E-state index < -0.39 is 17.6 Å². The van der Waals surface area contributed by atoms with Crippen LogP contribution in [0.25, 0.3) is 0 Å². The number of hydrogen-bond donors (Lipinski definition) is 1. The molecule has 0 spiro atoms. The van der Waals surface area contributed by atoms with Crippen LogP contribution in [-0.2, 0) is 4.74 Å². The fraction of sp³-hybridized carbons (Fsp3) is 0.741. The van der Waals surface area contributed by atoms with Crippen molar-refractivity contribution in [2.24, 2.45) is 5.92 Å². The molecule has 1 unspecified atom stereocenters. The molecule has 2 N–H and O–H groups in total. The number of anilines is 1. The third-order valence-electron chi connectivity index (χ3n) is 7.86. The van der Waals surface area contributed by atoms with Crippen LogP contribution in [0.3, 0.4) is 0 Å². The zero-order chi connectivity index (χ0) is 26.1. The zero-order valence-corrected chi connectivity index (χ0v) is 21.8. The average Bonchev–Trinajstić information content (AvgIpc) is 2.78. The van der Waals surface area contributed by atoms with E-state index in [0.717, 1.165) is 12.8 Å². The Kier molecular flexibility index (Phi) is 8.10. The Bertz CT molecular complexity index is 907. The SMILES string of the molecule is CC(C)(C)OC(=O)N1CCC(CN2CCC(N3CCC(c4ccc(N)cc4F)CC3)C(F)(F)C2)CC1. The van der Waals surface area contributed by atoms with Crippen LogP contribution in [0, 0.1) is 11.7 Å². The minimum atomic E-state index is -2.78. The summed E-state index contributed by atoms with van der Waals surface area (Å²) < 4.78 is 50.3. The number of hydrogen-bond acceptors (Lipinski definition) is 5. The van der Waals surface area contributed by atoms with Gasteiger partial charge in [-0.05, 0) is 95.5 Å². The lowest BCUT2D eigenvalue weighted by Crippen LogP contribution is -2.60. The molecular weight excluding hydrogens is 469 g/mol. The van der Waals surface area contributed by atoms with Gasteiger partial charge in [0.1, 0.15) is 11.4 Å². The average molecular weight is 511 g/mol. The summed E-state index contributed by atoms with van der Waals surface area (Å²) in [5, 5.41) is 0. The van der Waals surface area contributed by atoms with Crippen molar-refractivity contribution >= 4 is 11.8 Å². The number of nitrogens with zero attached hydrogens (tertiary/aromatic N) is 3. The van der Waals surface area contributed by atoms with Crippen LogP contribution in [0.15, 0.2) is 18.2 Å². The van der Waals surface area contributed by atoms with Crippen molar-refractivity contribution in [3.05, 3.63) is 29.6 Å². The van der Waals surface area contributed by atoms with E-state index in [4.69, 9.17) is 10.5 Å². The van der Waals surface area contributed by atoms with Crippen molar-refractivity contribution in [1.82, 2.24) is 14.7 Å². The second-order valence-electron chi connectivity index (χ2n) is 11.8. The molecule has 4 rings (SSSR count). The molecule has 9 heteroatoms. The highest BCUT2D eigenvalue weighted by Crippen LogP contribution is 2.37. The van der Waals surface area contributed by atoms with Gasteiger partial charge in [0.15, 0.2) is 0 Å². The molecule has 0 aliphatic carbocycles. The third kappa shape index (κ3) is 6.65. The van der Waals surface area contributed by atoms with Crippen molar-refractivity contribution in [3.63, 3.8) is 0 Å². The highest BCUT2D eigenvalue weighted by atomic mass is 19.3. The summed E-state index contributed by atoms with van der Waals surface area (Å²) in [4.78, 5) is 17.8. The first-order valence-electron chi connectivity index (χ1n) is 13.3. The van der Waals surface area contributed by atoms with E-state index in [-0.39, 0.29) is 24.4 Å². The lowest BCUT2D eigenvalue weighted by atomic mass is 9.86. The minimum absolute atomic E-state index is 0.0436. The molecule has 3 fully saturated rings. The van der Waals surface area contributed by atoms with Crippen molar-refractivity contribution in [3.8, 4) is 0 Å². The van der Waals surface area contributed by atoms with Crippen molar-refractivity contribution in [1.29, 1.82) is 0 Å². The number of halogens is 3. The van der Waals surface area contributed by atoms with E-state index in [1.165, 1.54) is 6.07 Å². The number of amides is 1. The molecule has 3 saturated heterocycles. The monoisotopic (exact) mass is 510 g/mol. The van der Waals surface area contributed by atoms with Crippen LogP contribution >= 0.6 is 0 Å². The lowest BCUT2D eigenvalue weighted by Gasteiger charge is -2.46. The number of piperidine rings is 3. The first-order valence-corrected chi connectivity index (χ1v) is 13.3. The van der Waals surface area contributed by atoms with E-state index in [1.54, 1.807) is 17.0 Å². The van der Waals surface area contributed by atoms with Crippen LogP contribution in [0.1, 0.15) is 64.4 Å². The number of ether oxygens (including phenoxy) is 1. The molecule has 1 amide bonds. The summed E-state index contributed by atoms with van der Waals surface area (Å²) in [6.45, 7) is 8.94. The molecule has 3 aliphatic heterocycles. The maximum atomic E-state index is 15.3. The predicted molar refractivity (Wildman–Crippen MR) is 135 cm³/mol. The quantitative estimate of drug-likeness (QED) is 0.581. The van der Waals surface area contributed by atoms with Crippen molar-refractivity contribution in [2.45, 2.75) is 76.4 Å². The summed E-state index contributed by atoms with van der Waals surface area (Å²) in [5.74, 6) is -2.73. The second-order valence-corrected chi connectivity index (χ2v) is 11.8. The Labute approximate surface area is 212 Å². The molecule has 0 saturated carbocycles. The molecule has 202 valence electrons. The topological polar surface area (TPSA) is 62.0 Å². The summed E-state index contributed by atoms with van der Waals surface area (Å²) >= 11 is 0. The number of likely N-dealkylation sites (tertiary alicyclic amines) is 3. The standard InChI is InChI=1S/C27H41F3N4O2/c1-26(2,3)36-25(35)34-12-6-19(7-13-34)17-32-11-10-24(27(29,30)18-32)33-14-8-20(9-15-33)22-5-4-21(31)16-23(22)28/h4-5,16,19-20,24H,6-15,17-18,31H2,1-3H3. The summed E-state index contributed by atoms with van der Waals surface area (Å²) in [5.41, 5.74) is 6.17. The van der Waals surface area contributed by atoms with Gasteiger partial charge < -0.3 is 15.4 Å². The predicted octanol–water partition coefficient (Wildman–Crippen LogP) is 4.94. The number of benzene rings is 1. The second kappa shape index (κ2) is 10.8. The fourth-order valence-electron chi connectivity index (χ4n) is 5.99. The van der Waals surface area contributed by atoms with Crippen molar-refractivity contribution < 1.29 is 22.7 Å². The van der Waals surface area contributed by atoms with Gasteiger partial charge in [-0.2, -0.15) is 0 Å². The number of alkyl halides is 2. The smallest absolute Gasteiger partial charge is 0.410 e. The van der Waals surface area contributed by atoms with Crippen LogP contribution < -0.4 is 5.73 Å². The Morgan fingerprint density at radius 1 is 1.06 bits per heavy atom. The van der Waals surface area contributed by atoms with E-state index in [1.807, 2.05) is 30.6 Å². The van der Waals surface area contributed by atoms with Crippen LogP contribution in [0.5, 0.6) is 0 Å². The van der Waals surface area contributed by atoms with Crippen molar-refractivity contribution in [2.75, 3.05) is 51.5 Å². The van der Waals surface area contributed by atoms with Crippen LogP contribution in [0.2, 0.25) is 0 Å². The van der Waals surface area contributed by atoms with Gasteiger partial charge in [0, 0.05) is 31.9 Å². The van der Waals surface area contributed by atoms with Gasteiger partial charge in [0.2, 0.25) is 0 Å². The van der Waals surface area contributed by atoms with Gasteiger partial charge >= 0.3 is 6.09 Å².